The first-order valence-corrected chi connectivity index (χ1v) is 20.9. The molecule has 9 aromatic rings. The van der Waals surface area contributed by atoms with Crippen LogP contribution in [0, 0.1) is 5.92 Å². The Balaban J connectivity index is 1.12. The molecule has 2 heteroatoms. The van der Waals surface area contributed by atoms with Crippen molar-refractivity contribution in [1.29, 1.82) is 0 Å². The lowest BCUT2D eigenvalue weighted by Gasteiger charge is -2.29. The highest BCUT2D eigenvalue weighted by atomic mass is 15.2. The van der Waals surface area contributed by atoms with Gasteiger partial charge in [0.2, 0.25) is 0 Å². The molecule has 0 saturated carbocycles. The Kier molecular flexibility index (Phi) is 10.9. The van der Waals surface area contributed by atoms with Crippen LogP contribution in [0.2, 0.25) is 0 Å². The fourth-order valence-electron chi connectivity index (χ4n) is 8.25. The second-order valence-corrected chi connectivity index (χ2v) is 15.6. The monoisotopic (exact) mass is 772 g/mol. The van der Waals surface area contributed by atoms with Crippen LogP contribution in [0.15, 0.2) is 236 Å². The van der Waals surface area contributed by atoms with Crippen molar-refractivity contribution >= 4 is 55.6 Å². The van der Waals surface area contributed by atoms with Gasteiger partial charge in [0.25, 0.3) is 0 Å². The zero-order valence-electron chi connectivity index (χ0n) is 34.4. The van der Waals surface area contributed by atoms with E-state index >= 15 is 0 Å². The smallest absolute Gasteiger partial charge is 0.0540 e. The Hall–Kier alpha value is -7.42. The minimum Gasteiger partial charge on any atom is -0.314 e. The Morgan fingerprint density at radius 1 is 0.433 bits per heavy atom. The first-order valence-electron chi connectivity index (χ1n) is 20.9. The van der Waals surface area contributed by atoms with Gasteiger partial charge in [0.15, 0.2) is 0 Å². The maximum absolute atomic E-state index is 2.40. The number of hydrogen-bond acceptors (Lipinski definition) is 2. The molecule has 0 unspecified atom stereocenters. The quantitative estimate of drug-likeness (QED) is 0.121. The maximum Gasteiger partial charge on any atom is 0.0540 e. The zero-order chi connectivity index (χ0) is 40.8. The van der Waals surface area contributed by atoms with Gasteiger partial charge in [-0.3, -0.25) is 0 Å². The van der Waals surface area contributed by atoms with Crippen molar-refractivity contribution in [1.82, 2.24) is 0 Å². The fraction of sp³-hybridized carbons (Fsp3) is 0.0690. The molecular formula is C58H48N2. The minimum atomic E-state index is 0.392. The van der Waals surface area contributed by atoms with Crippen LogP contribution in [0.3, 0.4) is 0 Å². The van der Waals surface area contributed by atoms with Crippen LogP contribution < -0.4 is 9.80 Å². The average Bonchev–Trinajstić information content (AvgIpc) is 3.30. The number of rotatable bonds is 11. The highest BCUT2D eigenvalue weighted by Gasteiger charge is 2.20. The molecule has 0 atom stereocenters. The zero-order valence-corrected chi connectivity index (χ0v) is 34.4. The van der Waals surface area contributed by atoms with E-state index in [1.807, 2.05) is 0 Å². The summed E-state index contributed by atoms with van der Waals surface area (Å²) in [6.45, 7) is 6.71. The molecule has 0 bridgehead atoms. The average molecular weight is 773 g/mol. The first-order chi connectivity index (χ1) is 29.5. The summed E-state index contributed by atoms with van der Waals surface area (Å²) in [5.74, 6) is 0.392. The summed E-state index contributed by atoms with van der Waals surface area (Å²) >= 11 is 0. The van der Waals surface area contributed by atoms with E-state index in [2.05, 4.69) is 261 Å². The second-order valence-electron chi connectivity index (χ2n) is 15.6. The molecule has 0 heterocycles. The third-order valence-electron chi connectivity index (χ3n) is 11.3. The Morgan fingerprint density at radius 2 is 0.983 bits per heavy atom. The predicted octanol–water partition coefficient (Wildman–Crippen LogP) is 16.6. The van der Waals surface area contributed by atoms with Crippen molar-refractivity contribution in [2.45, 2.75) is 20.8 Å². The second kappa shape index (κ2) is 17.2. The normalized spacial score (nSPS) is 11.9. The molecule has 0 N–H and O–H groups in total. The molecule has 60 heavy (non-hydrogen) atoms. The molecule has 2 nitrogen and oxygen atoms in total. The Labute approximate surface area is 354 Å². The van der Waals surface area contributed by atoms with E-state index in [-0.39, 0.29) is 0 Å². The molecule has 9 aromatic carbocycles. The van der Waals surface area contributed by atoms with E-state index in [4.69, 9.17) is 0 Å². The van der Waals surface area contributed by atoms with E-state index in [0.29, 0.717) is 5.92 Å². The highest BCUT2D eigenvalue weighted by molar-refractivity contribution is 6.01. The molecule has 0 aliphatic heterocycles. The van der Waals surface area contributed by atoms with Crippen LogP contribution in [0.4, 0.5) is 28.4 Å². The van der Waals surface area contributed by atoms with Gasteiger partial charge >= 0.3 is 0 Å². The summed E-state index contributed by atoms with van der Waals surface area (Å²) in [7, 11) is 0. The standard InChI is InChI=1S/C58H48N2/c1-42(2)29-40-54(43(3)59(51-21-6-4-7-22-51)53-38-36-45(37-39-53)50-35-30-44-17-10-11-19-49(44)41-50)47-31-33-48(34-32-47)56-26-14-15-27-57(56)60(52-23-8-5-9-24-52)58-28-16-20-46-18-12-13-25-55(46)58/h4-42H,1-3H3/b40-29-,54-43-. The van der Waals surface area contributed by atoms with Gasteiger partial charge in [0.1, 0.15) is 0 Å². The van der Waals surface area contributed by atoms with Crippen molar-refractivity contribution in [2.75, 3.05) is 9.80 Å². The third-order valence-corrected chi connectivity index (χ3v) is 11.3. The van der Waals surface area contributed by atoms with Crippen LogP contribution in [-0.2, 0) is 0 Å². The Morgan fingerprint density at radius 3 is 1.72 bits per heavy atom. The molecule has 0 amide bonds. The van der Waals surface area contributed by atoms with Crippen molar-refractivity contribution < 1.29 is 0 Å². The largest absolute Gasteiger partial charge is 0.314 e. The fourth-order valence-corrected chi connectivity index (χ4v) is 8.25. The summed E-state index contributed by atoms with van der Waals surface area (Å²) in [4.78, 5) is 4.78. The van der Waals surface area contributed by atoms with Gasteiger partial charge in [-0.05, 0) is 106 Å². The third kappa shape index (κ3) is 7.88. The lowest BCUT2D eigenvalue weighted by molar-refractivity contribution is 0.832. The number of nitrogens with zero attached hydrogens (tertiary/aromatic N) is 2. The SMILES string of the molecule is C/C(=C(\C=C/C(C)C)c1ccc(-c2ccccc2N(c2ccccc2)c2cccc3ccccc23)cc1)N(c1ccccc1)c1ccc(-c2ccc3ccccc3c2)cc1. The first kappa shape index (κ1) is 38.1. The Bertz CT molecular complexity index is 2940. The van der Waals surface area contributed by atoms with Crippen LogP contribution in [0.25, 0.3) is 49.4 Å². The van der Waals surface area contributed by atoms with Gasteiger partial charge in [0, 0.05) is 39.3 Å². The molecule has 0 aliphatic rings. The van der Waals surface area contributed by atoms with E-state index in [1.165, 1.54) is 43.8 Å². The van der Waals surface area contributed by atoms with Crippen LogP contribution in [0.5, 0.6) is 0 Å². The van der Waals surface area contributed by atoms with E-state index < -0.39 is 0 Å². The van der Waals surface area contributed by atoms with Gasteiger partial charge < -0.3 is 9.80 Å². The molecule has 0 radical (unpaired) electrons. The van der Waals surface area contributed by atoms with Gasteiger partial charge in [-0.2, -0.15) is 0 Å². The maximum atomic E-state index is 2.40. The van der Waals surface area contributed by atoms with Crippen molar-refractivity contribution in [3.8, 4) is 22.3 Å². The predicted molar refractivity (Wildman–Crippen MR) is 259 cm³/mol. The molecule has 0 fully saturated rings. The van der Waals surface area contributed by atoms with E-state index in [0.717, 1.165) is 45.3 Å². The van der Waals surface area contributed by atoms with Gasteiger partial charge in [-0.25, -0.2) is 0 Å². The molecule has 0 saturated heterocycles. The summed E-state index contributed by atoms with van der Waals surface area (Å²) in [5.41, 5.74) is 13.8. The molecular weight excluding hydrogens is 725 g/mol. The van der Waals surface area contributed by atoms with E-state index in [1.54, 1.807) is 0 Å². The van der Waals surface area contributed by atoms with Crippen LogP contribution in [-0.4, -0.2) is 0 Å². The number of fused-ring (bicyclic) bond motifs is 2. The molecule has 0 spiro atoms. The van der Waals surface area contributed by atoms with Crippen molar-refractivity contribution in [3.05, 3.63) is 242 Å². The van der Waals surface area contributed by atoms with Gasteiger partial charge in [-0.1, -0.05) is 190 Å². The highest BCUT2D eigenvalue weighted by Crippen LogP contribution is 2.44. The van der Waals surface area contributed by atoms with Crippen molar-refractivity contribution in [2.24, 2.45) is 5.92 Å². The summed E-state index contributed by atoms with van der Waals surface area (Å²) in [5, 5.41) is 4.93. The number of benzene rings is 9. The number of hydrogen-bond donors (Lipinski definition) is 0. The van der Waals surface area contributed by atoms with Crippen LogP contribution >= 0.6 is 0 Å². The summed E-state index contributed by atoms with van der Waals surface area (Å²) in [6, 6.07) is 78.7. The molecule has 9 rings (SSSR count). The van der Waals surface area contributed by atoms with Crippen LogP contribution in [0.1, 0.15) is 26.3 Å². The van der Waals surface area contributed by atoms with Crippen molar-refractivity contribution in [3.63, 3.8) is 0 Å². The topological polar surface area (TPSA) is 6.48 Å². The number of para-hydroxylation sites is 3. The number of anilines is 5. The van der Waals surface area contributed by atoms with E-state index in [9.17, 15) is 0 Å². The van der Waals surface area contributed by atoms with Gasteiger partial charge in [-0.15, -0.1) is 0 Å². The molecule has 0 aromatic heterocycles. The number of allylic oxidation sites excluding steroid dienone is 4. The lowest BCUT2D eigenvalue weighted by Crippen LogP contribution is -2.16. The molecule has 290 valence electrons. The summed E-state index contributed by atoms with van der Waals surface area (Å²) < 4.78 is 0. The molecule has 0 aliphatic carbocycles. The summed E-state index contributed by atoms with van der Waals surface area (Å²) in [6.07, 6.45) is 4.61. The van der Waals surface area contributed by atoms with Gasteiger partial charge in [0.05, 0.1) is 11.4 Å². The minimum absolute atomic E-state index is 0.392. The lowest BCUT2D eigenvalue weighted by atomic mass is 9.96.